The first-order valence-corrected chi connectivity index (χ1v) is 7.15. The Balaban J connectivity index is 0. The van der Waals surface area contributed by atoms with Crippen LogP contribution < -0.4 is 22.9 Å². The lowest BCUT2D eigenvalue weighted by Crippen LogP contribution is -2.51. The van der Waals surface area contributed by atoms with E-state index in [1.807, 2.05) is 6.20 Å². The van der Waals surface area contributed by atoms with Crippen LogP contribution in [-0.2, 0) is 4.79 Å². The Hall–Kier alpha value is -0.700. The van der Waals surface area contributed by atoms with E-state index in [1.54, 1.807) is 18.0 Å². The smallest absolute Gasteiger partial charge is 0.251 e. The molecular formula is C13H32ClN6O+. The first kappa shape index (κ1) is 22.6. The van der Waals surface area contributed by atoms with Crippen LogP contribution in [0.1, 0.15) is 6.42 Å². The van der Waals surface area contributed by atoms with Gasteiger partial charge in [0.15, 0.2) is 0 Å². The van der Waals surface area contributed by atoms with Crippen LogP contribution in [-0.4, -0.2) is 74.7 Å². The summed E-state index contributed by atoms with van der Waals surface area (Å²) in [6, 6.07) is 0. The van der Waals surface area contributed by atoms with Crippen molar-refractivity contribution in [2.45, 2.75) is 6.42 Å². The molecule has 0 aromatic heterocycles. The molecule has 0 aliphatic carbocycles. The van der Waals surface area contributed by atoms with Crippen molar-refractivity contribution in [3.63, 3.8) is 0 Å². The van der Waals surface area contributed by atoms with Gasteiger partial charge in [0.25, 0.3) is 5.91 Å². The molecule has 8 heteroatoms. The van der Waals surface area contributed by atoms with Gasteiger partial charge in [-0.2, -0.15) is 0 Å². The fraction of sp³-hybridized carbons (Fsp3) is 0.769. The maximum Gasteiger partial charge on any atom is 0.251 e. The fourth-order valence-corrected chi connectivity index (χ4v) is 2.12. The van der Waals surface area contributed by atoms with Crippen LogP contribution in [0.2, 0.25) is 0 Å². The van der Waals surface area contributed by atoms with Gasteiger partial charge in [-0.15, -0.1) is 12.4 Å². The number of carbonyl (C=O) groups excluding carboxylic acids is 1. The van der Waals surface area contributed by atoms with Gasteiger partial charge >= 0.3 is 0 Å². The quantitative estimate of drug-likeness (QED) is 0.270. The van der Waals surface area contributed by atoms with E-state index >= 15 is 0 Å². The molecule has 0 atom stereocenters. The van der Waals surface area contributed by atoms with Crippen LogP contribution >= 0.6 is 12.4 Å². The van der Waals surface area contributed by atoms with E-state index in [2.05, 4.69) is 0 Å². The molecule has 0 rings (SSSR count). The number of rotatable bonds is 11. The molecule has 0 heterocycles. The monoisotopic (exact) mass is 323 g/mol. The van der Waals surface area contributed by atoms with E-state index < -0.39 is 0 Å². The molecule has 0 saturated carbocycles. The predicted molar refractivity (Wildman–Crippen MR) is 89.7 cm³/mol. The first-order chi connectivity index (χ1) is 9.55. The normalized spacial score (nSPS) is 11.5. The highest BCUT2D eigenvalue weighted by molar-refractivity contribution is 5.87. The average Bonchev–Trinajstić information content (AvgIpc) is 2.43. The average molecular weight is 324 g/mol. The second-order valence-electron chi connectivity index (χ2n) is 4.97. The number of quaternary nitrogens is 1. The molecule has 0 bridgehead atoms. The molecule has 0 aromatic rings. The topological polar surface area (TPSA) is 124 Å². The van der Waals surface area contributed by atoms with Crippen LogP contribution in [0.25, 0.3) is 0 Å². The van der Waals surface area contributed by atoms with Gasteiger partial charge in [0.2, 0.25) is 0 Å². The van der Waals surface area contributed by atoms with Crippen molar-refractivity contribution in [2.24, 2.45) is 22.9 Å². The Labute approximate surface area is 134 Å². The lowest BCUT2D eigenvalue weighted by molar-refractivity contribution is -0.875. The van der Waals surface area contributed by atoms with E-state index in [0.29, 0.717) is 37.2 Å². The number of nitrogens with zero attached hydrogens (tertiary/aromatic N) is 2. The van der Waals surface area contributed by atoms with Crippen LogP contribution in [0.5, 0.6) is 0 Å². The lowest BCUT2D eigenvalue weighted by atomic mass is 10.3. The van der Waals surface area contributed by atoms with Crippen molar-refractivity contribution in [2.75, 3.05) is 59.4 Å². The number of carbonyl (C=O) groups is 1. The summed E-state index contributed by atoms with van der Waals surface area (Å²) in [6.07, 6.45) is 4.27. The second-order valence-corrected chi connectivity index (χ2v) is 4.97. The molecule has 0 aliphatic rings. The summed E-state index contributed by atoms with van der Waals surface area (Å²) in [7, 11) is 1.77. The van der Waals surface area contributed by atoms with Gasteiger partial charge < -0.3 is 27.8 Å². The summed E-state index contributed by atoms with van der Waals surface area (Å²) < 4.78 is 0.556. The number of amides is 1. The molecule has 126 valence electrons. The van der Waals surface area contributed by atoms with Crippen molar-refractivity contribution in [3.05, 3.63) is 12.3 Å². The van der Waals surface area contributed by atoms with Crippen LogP contribution in [0.3, 0.4) is 0 Å². The third kappa shape index (κ3) is 9.02. The third-order valence-corrected chi connectivity index (χ3v) is 3.33. The first-order valence-electron chi connectivity index (χ1n) is 7.15. The van der Waals surface area contributed by atoms with E-state index in [4.69, 9.17) is 22.9 Å². The molecule has 0 aromatic carbocycles. The summed E-state index contributed by atoms with van der Waals surface area (Å²) in [5, 5.41) is 0. The Kier molecular flexibility index (Phi) is 14.0. The summed E-state index contributed by atoms with van der Waals surface area (Å²) in [5.41, 5.74) is 22.4. The van der Waals surface area contributed by atoms with Crippen molar-refractivity contribution in [3.8, 4) is 0 Å². The summed E-state index contributed by atoms with van der Waals surface area (Å²) in [5.74, 6) is -0.0352. The van der Waals surface area contributed by atoms with Gasteiger partial charge in [-0.25, -0.2) is 0 Å². The summed E-state index contributed by atoms with van der Waals surface area (Å²) >= 11 is 0. The number of hydrogen-bond acceptors (Lipinski definition) is 5. The predicted octanol–water partition coefficient (Wildman–Crippen LogP) is -1.58. The Morgan fingerprint density at radius 3 is 1.86 bits per heavy atom. The van der Waals surface area contributed by atoms with E-state index in [-0.39, 0.29) is 18.3 Å². The SMILES string of the molecule is CN(CCCN)C(=O)C=C[N+](CCN)(CCN)CCN.Cl. The molecule has 0 fully saturated rings. The highest BCUT2D eigenvalue weighted by Gasteiger charge is 2.22. The minimum atomic E-state index is -0.0352. The largest absolute Gasteiger partial charge is 0.342 e. The van der Waals surface area contributed by atoms with Crippen LogP contribution in [0.15, 0.2) is 12.3 Å². The number of likely N-dealkylation sites (N-methyl/N-ethyl adjacent to an activating group) is 1. The molecule has 0 unspecified atom stereocenters. The third-order valence-electron chi connectivity index (χ3n) is 3.33. The number of halogens is 1. The van der Waals surface area contributed by atoms with Crippen LogP contribution in [0.4, 0.5) is 0 Å². The van der Waals surface area contributed by atoms with Gasteiger partial charge in [0, 0.05) is 33.2 Å². The maximum atomic E-state index is 12.0. The maximum absolute atomic E-state index is 12.0. The summed E-state index contributed by atoms with van der Waals surface area (Å²) in [6.45, 7) is 5.00. The highest BCUT2D eigenvalue weighted by atomic mass is 35.5. The molecule has 0 aliphatic heterocycles. The van der Waals surface area contributed by atoms with Gasteiger partial charge in [0.05, 0.1) is 25.7 Å². The molecule has 1 amide bonds. The Morgan fingerprint density at radius 2 is 1.48 bits per heavy atom. The van der Waals surface area contributed by atoms with Gasteiger partial charge in [-0.3, -0.25) is 9.28 Å². The van der Waals surface area contributed by atoms with E-state index in [1.165, 1.54) is 0 Å². The van der Waals surface area contributed by atoms with Crippen molar-refractivity contribution in [1.29, 1.82) is 0 Å². The van der Waals surface area contributed by atoms with Crippen molar-refractivity contribution in [1.82, 2.24) is 4.90 Å². The molecule has 21 heavy (non-hydrogen) atoms. The van der Waals surface area contributed by atoms with Crippen LogP contribution in [0, 0.1) is 0 Å². The molecular weight excluding hydrogens is 292 g/mol. The van der Waals surface area contributed by atoms with Gasteiger partial charge in [-0.05, 0) is 13.0 Å². The zero-order valence-corrected chi connectivity index (χ0v) is 13.9. The zero-order chi connectivity index (χ0) is 15.4. The van der Waals surface area contributed by atoms with Crippen molar-refractivity contribution >= 4 is 18.3 Å². The summed E-state index contributed by atoms with van der Waals surface area (Å²) in [4.78, 5) is 13.7. The molecule has 0 spiro atoms. The number of nitrogens with two attached hydrogens (primary N) is 4. The standard InChI is InChI=1S/C13H31N6O.ClH/c1-18(8-2-4-14)13(20)3-9-19(10-5-15,11-6-16)12-7-17;/h3,9H,2,4-8,10-12,14-17H2,1H3;1H/q+1;. The highest BCUT2D eigenvalue weighted by Crippen LogP contribution is 2.07. The Morgan fingerprint density at radius 1 is 1.00 bits per heavy atom. The molecule has 0 radical (unpaired) electrons. The van der Waals surface area contributed by atoms with E-state index in [9.17, 15) is 4.79 Å². The molecule has 0 saturated heterocycles. The van der Waals surface area contributed by atoms with Gasteiger partial charge in [0.1, 0.15) is 6.20 Å². The lowest BCUT2D eigenvalue weighted by Gasteiger charge is -2.34. The molecule has 7 nitrogen and oxygen atoms in total. The molecule has 8 N–H and O–H groups in total. The number of hydrogen-bond donors (Lipinski definition) is 4. The minimum absolute atomic E-state index is 0. The Bertz CT molecular complexity index is 283. The minimum Gasteiger partial charge on any atom is -0.342 e. The second kappa shape index (κ2) is 13.0. The van der Waals surface area contributed by atoms with Crippen molar-refractivity contribution < 1.29 is 9.28 Å². The van der Waals surface area contributed by atoms with E-state index in [0.717, 1.165) is 26.1 Å². The van der Waals surface area contributed by atoms with Gasteiger partial charge in [-0.1, -0.05) is 0 Å². The fourth-order valence-electron chi connectivity index (χ4n) is 2.12. The zero-order valence-electron chi connectivity index (χ0n) is 13.0.